The first kappa shape index (κ1) is 19.5. The second-order valence-corrected chi connectivity index (χ2v) is 7.83. The average molecular weight is 429 g/mol. The van der Waals surface area contributed by atoms with Gasteiger partial charge in [0.2, 0.25) is 11.8 Å². The summed E-state index contributed by atoms with van der Waals surface area (Å²) in [5, 5.41) is 10.9. The van der Waals surface area contributed by atoms with Gasteiger partial charge >= 0.3 is 6.01 Å². The topological polar surface area (TPSA) is 88.3 Å². The van der Waals surface area contributed by atoms with Gasteiger partial charge in [-0.15, -0.1) is 16.9 Å². The molecule has 0 aliphatic carbocycles. The van der Waals surface area contributed by atoms with Crippen molar-refractivity contribution in [2.24, 2.45) is 0 Å². The Balaban J connectivity index is 1.44. The number of anilines is 2. The number of carbonyl (C=O) groups excluding carboxylic acids is 2. The fourth-order valence-electron chi connectivity index (χ4n) is 3.13. The molecule has 1 unspecified atom stereocenters. The van der Waals surface area contributed by atoms with E-state index in [0.717, 1.165) is 10.6 Å². The van der Waals surface area contributed by atoms with E-state index in [-0.39, 0.29) is 24.3 Å². The summed E-state index contributed by atoms with van der Waals surface area (Å²) in [6.45, 7) is 0.446. The molecule has 2 amide bonds. The van der Waals surface area contributed by atoms with Crippen LogP contribution in [0.15, 0.2) is 57.8 Å². The van der Waals surface area contributed by atoms with Crippen molar-refractivity contribution in [1.82, 2.24) is 10.2 Å². The second kappa shape index (κ2) is 8.26. The third-order valence-corrected chi connectivity index (χ3v) is 5.58. The molecule has 0 saturated carbocycles. The summed E-state index contributed by atoms with van der Waals surface area (Å²) in [7, 11) is 0. The number of halogens is 1. The zero-order valence-electron chi connectivity index (χ0n) is 15.5. The Morgan fingerprint density at radius 1 is 1.24 bits per heavy atom. The summed E-state index contributed by atoms with van der Waals surface area (Å²) in [5.74, 6) is -0.314. The van der Waals surface area contributed by atoms with Crippen molar-refractivity contribution in [1.29, 1.82) is 0 Å². The molecule has 2 aromatic carbocycles. The molecule has 1 N–H and O–H groups in total. The molecule has 3 aromatic rings. The smallest absolute Gasteiger partial charge is 0.322 e. The Morgan fingerprint density at radius 2 is 2.03 bits per heavy atom. The minimum Gasteiger partial charge on any atom is -0.407 e. The van der Waals surface area contributed by atoms with Crippen LogP contribution >= 0.6 is 23.4 Å². The highest BCUT2D eigenvalue weighted by atomic mass is 35.5. The van der Waals surface area contributed by atoms with E-state index < -0.39 is 5.91 Å². The van der Waals surface area contributed by atoms with Crippen LogP contribution in [0, 0.1) is 0 Å². The third kappa shape index (κ3) is 4.28. The van der Waals surface area contributed by atoms with Crippen molar-refractivity contribution >= 4 is 46.9 Å². The highest BCUT2D eigenvalue weighted by Gasteiger charge is 2.35. The van der Waals surface area contributed by atoms with E-state index in [1.165, 1.54) is 0 Å². The number of amides is 2. The molecule has 1 fully saturated rings. The average Bonchev–Trinajstić information content (AvgIpc) is 3.34. The summed E-state index contributed by atoms with van der Waals surface area (Å²) in [5.41, 5.74) is 1.22. The normalized spacial score (nSPS) is 16.3. The number of benzene rings is 2. The number of hydrogen-bond donors (Lipinski definition) is 1. The molecule has 1 saturated heterocycles. The third-order valence-electron chi connectivity index (χ3n) is 4.61. The Kier molecular flexibility index (Phi) is 5.55. The molecule has 2 heterocycles. The van der Waals surface area contributed by atoms with Gasteiger partial charge in [0.25, 0.3) is 5.91 Å². The van der Waals surface area contributed by atoms with Crippen LogP contribution in [0.25, 0.3) is 0 Å². The molecule has 0 bridgehead atoms. The summed E-state index contributed by atoms with van der Waals surface area (Å²) >= 11 is 7.55. The van der Waals surface area contributed by atoms with E-state index in [1.54, 1.807) is 40.9 Å². The zero-order chi connectivity index (χ0) is 20.4. The van der Waals surface area contributed by atoms with Gasteiger partial charge in [-0.3, -0.25) is 14.9 Å². The summed E-state index contributed by atoms with van der Waals surface area (Å²) < 4.78 is 5.59. The van der Waals surface area contributed by atoms with Crippen molar-refractivity contribution in [3.8, 4) is 0 Å². The first-order chi connectivity index (χ1) is 14.0. The van der Waals surface area contributed by atoms with Gasteiger partial charge in [-0.1, -0.05) is 22.8 Å². The minimum atomic E-state index is -0.402. The molecule has 1 aliphatic rings. The molecule has 1 atom stereocenters. The number of nitrogens with zero attached hydrogens (tertiary/aromatic N) is 3. The summed E-state index contributed by atoms with van der Waals surface area (Å²) in [4.78, 5) is 27.6. The molecule has 29 heavy (non-hydrogen) atoms. The molecule has 0 spiro atoms. The maximum absolute atomic E-state index is 12.5. The van der Waals surface area contributed by atoms with Gasteiger partial charge in [0.05, 0.1) is 5.92 Å². The van der Waals surface area contributed by atoms with Crippen molar-refractivity contribution in [2.45, 2.75) is 17.2 Å². The van der Waals surface area contributed by atoms with Crippen molar-refractivity contribution < 1.29 is 14.0 Å². The first-order valence-electron chi connectivity index (χ1n) is 8.88. The van der Waals surface area contributed by atoms with Crippen LogP contribution in [-0.4, -0.2) is 34.8 Å². The van der Waals surface area contributed by atoms with E-state index >= 15 is 0 Å². The van der Waals surface area contributed by atoms with Crippen LogP contribution in [0.4, 0.5) is 11.7 Å². The van der Waals surface area contributed by atoms with E-state index in [0.29, 0.717) is 23.0 Å². The van der Waals surface area contributed by atoms with Gasteiger partial charge in [0.1, 0.15) is 0 Å². The molecule has 0 radical (unpaired) electrons. The lowest BCUT2D eigenvalue weighted by Crippen LogP contribution is -2.24. The molecule has 4 rings (SSSR count). The van der Waals surface area contributed by atoms with Crippen LogP contribution in [0.1, 0.15) is 28.6 Å². The monoisotopic (exact) mass is 428 g/mol. The van der Waals surface area contributed by atoms with E-state index in [9.17, 15) is 9.59 Å². The summed E-state index contributed by atoms with van der Waals surface area (Å²) in [6.07, 6.45) is 2.28. The van der Waals surface area contributed by atoms with E-state index in [4.69, 9.17) is 16.0 Å². The molecule has 1 aliphatic heterocycles. The van der Waals surface area contributed by atoms with Crippen molar-refractivity contribution in [3.05, 3.63) is 65.0 Å². The number of rotatable bonds is 5. The van der Waals surface area contributed by atoms with Crippen molar-refractivity contribution in [3.63, 3.8) is 0 Å². The zero-order valence-corrected chi connectivity index (χ0v) is 17.0. The lowest BCUT2D eigenvalue weighted by molar-refractivity contribution is -0.117. The predicted octanol–water partition coefficient (Wildman–Crippen LogP) is 4.22. The lowest BCUT2D eigenvalue weighted by atomic mass is 10.1. The van der Waals surface area contributed by atoms with Gasteiger partial charge in [-0.05, 0) is 48.7 Å². The SMILES string of the molecule is CSc1ccc(N2CC(c3nnc(NC(=O)c4cccc(Cl)c4)o3)CC2=O)cc1. The molecular weight excluding hydrogens is 412 g/mol. The highest BCUT2D eigenvalue weighted by molar-refractivity contribution is 7.98. The first-order valence-corrected chi connectivity index (χ1v) is 10.5. The van der Waals surface area contributed by atoms with Gasteiger partial charge in [0.15, 0.2) is 0 Å². The fraction of sp³-hybridized carbons (Fsp3) is 0.200. The van der Waals surface area contributed by atoms with Gasteiger partial charge in [0, 0.05) is 34.1 Å². The lowest BCUT2D eigenvalue weighted by Gasteiger charge is -2.16. The Bertz CT molecular complexity index is 1050. The largest absolute Gasteiger partial charge is 0.407 e. The van der Waals surface area contributed by atoms with E-state index in [1.807, 2.05) is 30.5 Å². The maximum atomic E-state index is 12.5. The Hall–Kier alpha value is -2.84. The maximum Gasteiger partial charge on any atom is 0.322 e. The molecule has 9 heteroatoms. The molecule has 148 valence electrons. The molecular formula is C20H17ClN4O3S. The van der Waals surface area contributed by atoms with Crippen LogP contribution < -0.4 is 10.2 Å². The number of nitrogens with one attached hydrogen (secondary N) is 1. The van der Waals surface area contributed by atoms with Crippen LogP contribution in [0.3, 0.4) is 0 Å². The minimum absolute atomic E-state index is 0.00499. The van der Waals surface area contributed by atoms with Crippen molar-refractivity contribution in [2.75, 3.05) is 23.0 Å². The molecule has 1 aromatic heterocycles. The van der Waals surface area contributed by atoms with Gasteiger partial charge in [-0.2, -0.15) is 0 Å². The van der Waals surface area contributed by atoms with Crippen LogP contribution in [0.2, 0.25) is 5.02 Å². The highest BCUT2D eigenvalue weighted by Crippen LogP contribution is 2.32. The second-order valence-electron chi connectivity index (χ2n) is 6.51. The Morgan fingerprint density at radius 3 is 2.76 bits per heavy atom. The molecule has 7 nitrogen and oxygen atoms in total. The number of carbonyl (C=O) groups is 2. The predicted molar refractivity (Wildman–Crippen MR) is 112 cm³/mol. The number of aromatic nitrogens is 2. The number of thioether (sulfide) groups is 1. The van der Waals surface area contributed by atoms with E-state index in [2.05, 4.69) is 15.5 Å². The Labute approximate surface area is 176 Å². The van der Waals surface area contributed by atoms with Crippen LogP contribution in [0.5, 0.6) is 0 Å². The summed E-state index contributed by atoms with van der Waals surface area (Å²) in [6, 6.07) is 14.3. The number of hydrogen-bond acceptors (Lipinski definition) is 6. The van der Waals surface area contributed by atoms with Gasteiger partial charge in [-0.25, -0.2) is 0 Å². The fourth-order valence-corrected chi connectivity index (χ4v) is 3.73. The standard InChI is InChI=1S/C20H17ClN4O3S/c1-29-16-7-5-15(6-8-16)25-11-13(10-17(25)26)19-23-24-20(28-19)22-18(27)12-3-2-4-14(21)9-12/h2-9,13H,10-11H2,1H3,(H,22,24,27). The van der Waals surface area contributed by atoms with Gasteiger partial charge < -0.3 is 9.32 Å². The quantitative estimate of drug-likeness (QED) is 0.612. The van der Waals surface area contributed by atoms with Crippen LogP contribution in [-0.2, 0) is 4.79 Å².